The summed E-state index contributed by atoms with van der Waals surface area (Å²) in [7, 11) is 1.59. The van der Waals surface area contributed by atoms with Crippen LogP contribution in [0.4, 0.5) is 4.39 Å². The molecule has 6 heteroatoms. The third-order valence-electron chi connectivity index (χ3n) is 2.90. The van der Waals surface area contributed by atoms with Gasteiger partial charge in [0.1, 0.15) is 17.3 Å². The fourth-order valence-corrected chi connectivity index (χ4v) is 1.95. The highest BCUT2D eigenvalue weighted by Crippen LogP contribution is 2.24. The quantitative estimate of drug-likeness (QED) is 0.888. The molecule has 0 aliphatic heterocycles. The highest BCUT2D eigenvalue weighted by molar-refractivity contribution is 6.32. The van der Waals surface area contributed by atoms with E-state index < -0.39 is 5.82 Å². The van der Waals surface area contributed by atoms with Gasteiger partial charge in [0.05, 0.1) is 12.1 Å². The fraction of sp³-hybridized carbons (Fsp3) is 0.188. The van der Waals surface area contributed by atoms with E-state index in [9.17, 15) is 9.18 Å². The van der Waals surface area contributed by atoms with E-state index in [1.807, 2.05) is 24.3 Å². The number of halogens is 2. The van der Waals surface area contributed by atoms with Gasteiger partial charge >= 0.3 is 0 Å². The van der Waals surface area contributed by atoms with E-state index in [2.05, 4.69) is 5.32 Å². The minimum absolute atomic E-state index is 0.128. The zero-order valence-corrected chi connectivity index (χ0v) is 12.7. The first-order chi connectivity index (χ1) is 10.6. The lowest BCUT2D eigenvalue weighted by Gasteiger charge is -2.09. The van der Waals surface area contributed by atoms with E-state index in [0.717, 1.165) is 17.4 Å². The van der Waals surface area contributed by atoms with Crippen molar-refractivity contribution in [2.75, 3.05) is 13.7 Å². The van der Waals surface area contributed by atoms with E-state index in [1.54, 1.807) is 7.11 Å². The summed E-state index contributed by atoms with van der Waals surface area (Å²) in [5.74, 6) is 0.268. The molecule has 22 heavy (non-hydrogen) atoms. The summed E-state index contributed by atoms with van der Waals surface area (Å²) in [4.78, 5) is 11.7. The summed E-state index contributed by atoms with van der Waals surface area (Å²) in [6, 6.07) is 11.1. The molecule has 0 bridgehead atoms. The topological polar surface area (TPSA) is 47.6 Å². The predicted octanol–water partition coefficient (Wildman–Crippen LogP) is 3.18. The maximum Gasteiger partial charge on any atom is 0.258 e. The number of ether oxygens (including phenoxy) is 2. The van der Waals surface area contributed by atoms with Gasteiger partial charge < -0.3 is 14.8 Å². The van der Waals surface area contributed by atoms with Crippen molar-refractivity contribution in [2.24, 2.45) is 0 Å². The van der Waals surface area contributed by atoms with Crippen molar-refractivity contribution in [3.8, 4) is 11.5 Å². The Morgan fingerprint density at radius 3 is 2.59 bits per heavy atom. The Bertz CT molecular complexity index is 646. The molecule has 2 aromatic carbocycles. The summed E-state index contributed by atoms with van der Waals surface area (Å²) in [6.45, 7) is 0.185. The van der Waals surface area contributed by atoms with Crippen LogP contribution in [0.3, 0.4) is 0 Å². The first-order valence-corrected chi connectivity index (χ1v) is 6.94. The number of carbonyl (C=O) groups excluding carboxylic acids is 1. The van der Waals surface area contributed by atoms with Crippen molar-refractivity contribution in [1.82, 2.24) is 5.32 Å². The minimum Gasteiger partial charge on any atom is -0.497 e. The van der Waals surface area contributed by atoms with Gasteiger partial charge in [-0.3, -0.25) is 4.79 Å². The minimum atomic E-state index is -0.457. The lowest BCUT2D eigenvalue weighted by molar-refractivity contribution is -0.123. The number of carbonyl (C=O) groups is 1. The molecule has 0 fully saturated rings. The van der Waals surface area contributed by atoms with Crippen molar-refractivity contribution in [2.45, 2.75) is 6.54 Å². The smallest absolute Gasteiger partial charge is 0.258 e. The Labute approximate surface area is 132 Å². The van der Waals surface area contributed by atoms with Crippen LogP contribution in [0.5, 0.6) is 11.5 Å². The average molecular weight is 324 g/mol. The van der Waals surface area contributed by atoms with Crippen LogP contribution in [-0.2, 0) is 11.3 Å². The van der Waals surface area contributed by atoms with Crippen molar-refractivity contribution in [3.63, 3.8) is 0 Å². The van der Waals surface area contributed by atoms with Gasteiger partial charge in [-0.25, -0.2) is 4.39 Å². The predicted molar refractivity (Wildman–Crippen MR) is 81.7 cm³/mol. The average Bonchev–Trinajstić information content (AvgIpc) is 2.52. The zero-order valence-electron chi connectivity index (χ0n) is 11.9. The number of hydrogen-bond acceptors (Lipinski definition) is 3. The molecule has 0 saturated carbocycles. The molecule has 116 valence electrons. The summed E-state index contributed by atoms with van der Waals surface area (Å²) < 4.78 is 23.2. The summed E-state index contributed by atoms with van der Waals surface area (Å²) >= 11 is 5.81. The normalized spacial score (nSPS) is 10.1. The van der Waals surface area contributed by atoms with Crippen molar-refractivity contribution >= 4 is 17.5 Å². The summed E-state index contributed by atoms with van der Waals surface area (Å²) in [5, 5.41) is 2.84. The molecular weight excluding hydrogens is 309 g/mol. The Kier molecular flexibility index (Phi) is 5.61. The Hall–Kier alpha value is -2.27. The fourth-order valence-electron chi connectivity index (χ4n) is 1.73. The first-order valence-electron chi connectivity index (χ1n) is 6.56. The molecule has 0 saturated heterocycles. The van der Waals surface area contributed by atoms with Gasteiger partial charge in [-0.2, -0.15) is 0 Å². The van der Waals surface area contributed by atoms with Gasteiger partial charge in [0.2, 0.25) is 0 Å². The molecule has 0 radical (unpaired) electrons. The second-order valence-electron chi connectivity index (χ2n) is 4.49. The van der Waals surface area contributed by atoms with Gasteiger partial charge in [0.15, 0.2) is 6.61 Å². The van der Waals surface area contributed by atoms with Crippen LogP contribution in [0.25, 0.3) is 0 Å². The van der Waals surface area contributed by atoms with Crippen molar-refractivity contribution in [3.05, 3.63) is 58.9 Å². The third kappa shape index (κ3) is 4.63. The molecule has 0 spiro atoms. The Balaban J connectivity index is 1.80. The molecule has 0 unspecified atom stereocenters. The van der Waals surface area contributed by atoms with Crippen LogP contribution < -0.4 is 14.8 Å². The van der Waals surface area contributed by atoms with Crippen LogP contribution in [0.15, 0.2) is 42.5 Å². The lowest BCUT2D eigenvalue weighted by atomic mass is 10.2. The largest absolute Gasteiger partial charge is 0.497 e. The van der Waals surface area contributed by atoms with E-state index in [1.165, 1.54) is 12.1 Å². The van der Waals surface area contributed by atoms with Crippen LogP contribution in [0.2, 0.25) is 5.02 Å². The number of rotatable bonds is 6. The van der Waals surface area contributed by atoms with Crippen LogP contribution in [0, 0.1) is 5.82 Å². The maximum absolute atomic E-state index is 12.9. The molecule has 1 N–H and O–H groups in total. The molecule has 0 aliphatic rings. The summed E-state index contributed by atoms with van der Waals surface area (Å²) in [5.41, 5.74) is 0.939. The van der Waals surface area contributed by atoms with Crippen molar-refractivity contribution in [1.29, 1.82) is 0 Å². The van der Waals surface area contributed by atoms with Crippen LogP contribution in [-0.4, -0.2) is 19.6 Å². The number of methoxy groups -OCH3 is 1. The Morgan fingerprint density at radius 1 is 1.23 bits per heavy atom. The lowest BCUT2D eigenvalue weighted by Crippen LogP contribution is -2.28. The molecule has 0 aromatic heterocycles. The van der Waals surface area contributed by atoms with Gasteiger partial charge in [0, 0.05) is 6.54 Å². The molecule has 0 heterocycles. The number of nitrogens with one attached hydrogen (secondary N) is 1. The maximum atomic E-state index is 12.9. The molecule has 4 nitrogen and oxygen atoms in total. The summed E-state index contributed by atoms with van der Waals surface area (Å²) in [6.07, 6.45) is 0. The second kappa shape index (κ2) is 7.66. The van der Waals surface area contributed by atoms with E-state index in [0.29, 0.717) is 6.54 Å². The highest BCUT2D eigenvalue weighted by Gasteiger charge is 2.07. The first kappa shape index (κ1) is 16.1. The molecule has 2 aromatic rings. The Morgan fingerprint density at radius 2 is 1.95 bits per heavy atom. The van der Waals surface area contributed by atoms with Gasteiger partial charge in [0.25, 0.3) is 5.91 Å². The molecular formula is C16H15ClFNO3. The van der Waals surface area contributed by atoms with Gasteiger partial charge in [-0.1, -0.05) is 23.7 Å². The van der Waals surface area contributed by atoms with E-state index in [4.69, 9.17) is 21.1 Å². The third-order valence-corrected chi connectivity index (χ3v) is 3.20. The van der Waals surface area contributed by atoms with E-state index >= 15 is 0 Å². The van der Waals surface area contributed by atoms with Crippen LogP contribution >= 0.6 is 11.6 Å². The highest BCUT2D eigenvalue weighted by atomic mass is 35.5. The SMILES string of the molecule is COc1ccc(CNC(=O)COc2ccc(F)cc2Cl)cc1. The monoisotopic (exact) mass is 323 g/mol. The number of benzene rings is 2. The van der Waals surface area contributed by atoms with Gasteiger partial charge in [-0.05, 0) is 35.9 Å². The van der Waals surface area contributed by atoms with Gasteiger partial charge in [-0.15, -0.1) is 0 Å². The van der Waals surface area contributed by atoms with Crippen molar-refractivity contribution < 1.29 is 18.7 Å². The molecule has 0 atom stereocenters. The zero-order chi connectivity index (χ0) is 15.9. The van der Waals surface area contributed by atoms with E-state index in [-0.39, 0.29) is 23.3 Å². The van der Waals surface area contributed by atoms with Crippen LogP contribution in [0.1, 0.15) is 5.56 Å². The molecule has 0 aliphatic carbocycles. The number of hydrogen-bond donors (Lipinski definition) is 1. The number of amides is 1. The molecule has 2 rings (SSSR count). The standard InChI is InChI=1S/C16H15ClFNO3/c1-21-13-5-2-11(3-6-13)9-19-16(20)10-22-15-7-4-12(18)8-14(15)17/h2-8H,9-10H2,1H3,(H,19,20). The molecule has 1 amide bonds. The second-order valence-corrected chi connectivity index (χ2v) is 4.90.